The molecule has 0 saturated carbocycles. The van der Waals surface area contributed by atoms with Gasteiger partial charge in [0.15, 0.2) is 0 Å². The number of nitrogens with zero attached hydrogens (tertiary/aromatic N) is 4. The third-order valence-corrected chi connectivity index (χ3v) is 6.79. The number of hydrogen-bond acceptors (Lipinski definition) is 5. The molecule has 0 bridgehead atoms. The van der Waals surface area contributed by atoms with Crippen molar-refractivity contribution in [1.29, 1.82) is 0 Å². The van der Waals surface area contributed by atoms with E-state index in [1.165, 1.54) is 0 Å². The van der Waals surface area contributed by atoms with Crippen molar-refractivity contribution < 1.29 is 32.7 Å². The maximum absolute atomic E-state index is 13.4. The summed E-state index contributed by atoms with van der Waals surface area (Å²) in [4.78, 5) is 45.8. The van der Waals surface area contributed by atoms with Crippen molar-refractivity contribution >= 4 is 23.6 Å². The molecule has 0 aliphatic carbocycles. The topological polar surface area (TPSA) is 94.1 Å². The lowest BCUT2D eigenvalue weighted by molar-refractivity contribution is -0.192. The number of likely N-dealkylation sites (tertiary alicyclic amines) is 1. The third-order valence-electron chi connectivity index (χ3n) is 6.79. The molecular formula is C26H31F3N4O4. The first-order chi connectivity index (χ1) is 17.4. The lowest BCUT2D eigenvalue weighted by Crippen LogP contribution is -2.47. The number of halogens is 3. The van der Waals surface area contributed by atoms with Crippen LogP contribution in [-0.4, -0.2) is 84.1 Å². The number of carbonyl (C=O) groups is 3. The molecule has 1 N–H and O–H groups in total. The van der Waals surface area contributed by atoms with Gasteiger partial charge in [-0.3, -0.25) is 9.59 Å². The normalized spacial score (nSPS) is 21.3. The molecule has 2 aliphatic rings. The number of alkyl halides is 3. The Balaban J connectivity index is 0.000000479. The molecule has 3 heterocycles. The van der Waals surface area contributed by atoms with E-state index in [1.54, 1.807) is 11.1 Å². The number of carboxylic acid groups (broad SMARTS) is 1. The fraction of sp³-hybridized carbons (Fsp3) is 0.462. The molecule has 1 aromatic carbocycles. The number of aliphatic carboxylic acids is 1. The summed E-state index contributed by atoms with van der Waals surface area (Å²) in [6.07, 6.45) is -1.24. The second kappa shape index (κ2) is 11.6. The second-order valence-electron chi connectivity index (χ2n) is 9.53. The number of aromatic nitrogens is 1. The molecule has 0 radical (unpaired) electrons. The van der Waals surface area contributed by atoms with Crippen molar-refractivity contribution in [2.24, 2.45) is 11.3 Å². The first-order valence-electron chi connectivity index (χ1n) is 11.9. The average Bonchev–Trinajstić information content (AvgIpc) is 3.13. The Labute approximate surface area is 213 Å². The van der Waals surface area contributed by atoms with Gasteiger partial charge in [-0.15, -0.1) is 0 Å². The van der Waals surface area contributed by atoms with E-state index in [4.69, 9.17) is 9.90 Å². The zero-order valence-electron chi connectivity index (χ0n) is 20.8. The molecule has 2 amide bonds. The Bertz CT molecular complexity index is 1080. The summed E-state index contributed by atoms with van der Waals surface area (Å²) in [6.45, 7) is 2.74. The Morgan fingerprint density at radius 2 is 1.73 bits per heavy atom. The van der Waals surface area contributed by atoms with Crippen molar-refractivity contribution in [1.82, 2.24) is 14.8 Å². The highest BCUT2D eigenvalue weighted by atomic mass is 19.4. The van der Waals surface area contributed by atoms with Crippen molar-refractivity contribution in [2.45, 2.75) is 25.4 Å². The first-order valence-corrected chi connectivity index (χ1v) is 11.9. The smallest absolute Gasteiger partial charge is 0.475 e. The lowest BCUT2D eigenvalue weighted by Gasteiger charge is -2.34. The summed E-state index contributed by atoms with van der Waals surface area (Å²) < 4.78 is 31.7. The highest BCUT2D eigenvalue weighted by Crippen LogP contribution is 2.45. The van der Waals surface area contributed by atoms with Gasteiger partial charge in [0.25, 0.3) is 0 Å². The molecule has 8 nitrogen and oxygen atoms in total. The zero-order valence-corrected chi connectivity index (χ0v) is 20.8. The van der Waals surface area contributed by atoms with Gasteiger partial charge in [-0.2, -0.15) is 13.2 Å². The van der Waals surface area contributed by atoms with Gasteiger partial charge in [0.1, 0.15) is 5.82 Å². The summed E-state index contributed by atoms with van der Waals surface area (Å²) >= 11 is 0. The second-order valence-corrected chi connectivity index (χ2v) is 9.53. The molecule has 4 rings (SSSR count). The van der Waals surface area contributed by atoms with Gasteiger partial charge in [0.05, 0.1) is 11.8 Å². The van der Waals surface area contributed by atoms with Crippen LogP contribution in [0, 0.1) is 11.3 Å². The number of carbonyl (C=O) groups excluding carboxylic acids is 2. The molecule has 2 aromatic rings. The van der Waals surface area contributed by atoms with E-state index in [9.17, 15) is 22.8 Å². The van der Waals surface area contributed by atoms with Crippen molar-refractivity contribution in [3.63, 3.8) is 0 Å². The van der Waals surface area contributed by atoms with Crippen molar-refractivity contribution in [2.75, 3.05) is 45.2 Å². The Morgan fingerprint density at radius 3 is 2.30 bits per heavy atom. The van der Waals surface area contributed by atoms with Gasteiger partial charge in [-0.25, -0.2) is 9.78 Å². The molecule has 2 saturated heterocycles. The number of benzene rings is 1. The summed E-state index contributed by atoms with van der Waals surface area (Å²) in [6, 6.07) is 15.8. The Morgan fingerprint density at radius 1 is 1.08 bits per heavy atom. The number of hydrogen-bond donors (Lipinski definition) is 1. The van der Waals surface area contributed by atoms with Crippen LogP contribution in [0.3, 0.4) is 0 Å². The Kier molecular flexibility index (Phi) is 8.77. The van der Waals surface area contributed by atoms with Crippen LogP contribution in [0.5, 0.6) is 0 Å². The van der Waals surface area contributed by atoms with Crippen molar-refractivity contribution in [3.8, 4) is 0 Å². The molecular weight excluding hydrogens is 489 g/mol. The van der Waals surface area contributed by atoms with Crippen LogP contribution in [0.2, 0.25) is 0 Å². The van der Waals surface area contributed by atoms with Gasteiger partial charge in [0.2, 0.25) is 11.8 Å². The minimum atomic E-state index is -5.08. The Hall–Kier alpha value is -3.63. The molecule has 1 aromatic heterocycles. The average molecular weight is 521 g/mol. The van der Waals surface area contributed by atoms with Crippen LogP contribution in [-0.2, 0) is 20.8 Å². The standard InChI is InChI=1S/C24H30N4O2.C2HF3O2/c1-26(2)23(30)24-12-8-14-27(22(29)15-19-9-4-3-5-10-19)16-20(24)17-28(18-24)21-11-6-7-13-25-21;3-2(4,5)1(6)7/h3-7,9-11,13,20H,8,12,14-18H2,1-2H3;(H,6,7)/t20-,24-;/m0./s1. The van der Waals surface area contributed by atoms with E-state index in [0.717, 1.165) is 30.8 Å². The lowest BCUT2D eigenvalue weighted by atomic mass is 9.74. The summed E-state index contributed by atoms with van der Waals surface area (Å²) in [5, 5.41) is 7.12. The highest BCUT2D eigenvalue weighted by molar-refractivity contribution is 5.85. The van der Waals surface area contributed by atoms with Crippen LogP contribution in [0.1, 0.15) is 18.4 Å². The molecule has 2 atom stereocenters. The number of rotatable bonds is 4. The van der Waals surface area contributed by atoms with Gasteiger partial charge in [-0.1, -0.05) is 36.4 Å². The predicted octanol–water partition coefficient (Wildman–Crippen LogP) is 3.09. The van der Waals surface area contributed by atoms with E-state index in [2.05, 4.69) is 9.88 Å². The van der Waals surface area contributed by atoms with Crippen LogP contribution in [0.25, 0.3) is 0 Å². The van der Waals surface area contributed by atoms with E-state index in [-0.39, 0.29) is 17.7 Å². The van der Waals surface area contributed by atoms with Gasteiger partial charge < -0.3 is 19.8 Å². The monoisotopic (exact) mass is 520 g/mol. The minimum absolute atomic E-state index is 0.0941. The van der Waals surface area contributed by atoms with E-state index >= 15 is 0 Å². The molecule has 2 fully saturated rings. The van der Waals surface area contributed by atoms with E-state index < -0.39 is 17.6 Å². The minimum Gasteiger partial charge on any atom is -0.475 e. The fourth-order valence-corrected chi connectivity index (χ4v) is 5.05. The van der Waals surface area contributed by atoms with Gasteiger partial charge in [-0.05, 0) is 30.5 Å². The fourth-order valence-electron chi connectivity index (χ4n) is 5.05. The first kappa shape index (κ1) is 27.9. The summed E-state index contributed by atoms with van der Waals surface area (Å²) in [7, 11) is 3.67. The largest absolute Gasteiger partial charge is 0.490 e. The zero-order chi connectivity index (χ0) is 27.2. The van der Waals surface area contributed by atoms with Crippen LogP contribution >= 0.6 is 0 Å². The number of fused-ring (bicyclic) bond motifs is 1. The van der Waals surface area contributed by atoms with Crippen molar-refractivity contribution in [3.05, 3.63) is 60.3 Å². The van der Waals surface area contributed by atoms with E-state index in [0.29, 0.717) is 26.1 Å². The molecule has 2 aliphatic heterocycles. The molecule has 0 spiro atoms. The number of amides is 2. The van der Waals surface area contributed by atoms with Gasteiger partial charge in [0, 0.05) is 52.4 Å². The predicted molar refractivity (Wildman–Crippen MR) is 131 cm³/mol. The summed E-state index contributed by atoms with van der Waals surface area (Å²) in [5.41, 5.74) is 0.562. The van der Waals surface area contributed by atoms with Crippen LogP contribution < -0.4 is 4.90 Å². The van der Waals surface area contributed by atoms with Crippen LogP contribution in [0.4, 0.5) is 19.0 Å². The molecule has 11 heteroatoms. The molecule has 37 heavy (non-hydrogen) atoms. The number of anilines is 1. The maximum atomic E-state index is 13.4. The highest BCUT2D eigenvalue weighted by Gasteiger charge is 2.54. The molecule has 0 unspecified atom stereocenters. The number of pyridine rings is 1. The summed E-state index contributed by atoms with van der Waals surface area (Å²) in [5.74, 6) is -1.45. The third kappa shape index (κ3) is 6.78. The van der Waals surface area contributed by atoms with E-state index in [1.807, 2.05) is 67.5 Å². The SMILES string of the molecule is CN(C)C(=O)[C@]12CCCN(C(=O)Cc3ccccc3)C[C@H]1CN(c1ccccn1)C2.O=C(O)C(F)(F)F. The van der Waals surface area contributed by atoms with Crippen LogP contribution in [0.15, 0.2) is 54.7 Å². The molecule has 200 valence electrons. The quantitative estimate of drug-likeness (QED) is 0.666. The maximum Gasteiger partial charge on any atom is 0.490 e. The van der Waals surface area contributed by atoms with Gasteiger partial charge >= 0.3 is 12.1 Å². The number of carboxylic acids is 1.